The van der Waals surface area contributed by atoms with Crippen molar-refractivity contribution in [2.75, 3.05) is 27.9 Å². The van der Waals surface area contributed by atoms with Gasteiger partial charge in [0.25, 0.3) is 5.56 Å². The molecule has 1 atom stereocenters. The number of ether oxygens (including phenoxy) is 4. The average Bonchev–Trinajstić information content (AvgIpc) is 3.24. The van der Waals surface area contributed by atoms with E-state index < -0.39 is 23.4 Å². The van der Waals surface area contributed by atoms with Crippen molar-refractivity contribution < 1.29 is 28.5 Å². The molecule has 0 saturated carbocycles. The van der Waals surface area contributed by atoms with Crippen LogP contribution in [0.15, 0.2) is 58.9 Å². The number of carbonyl (C=O) groups excluding carboxylic acids is 2. The van der Waals surface area contributed by atoms with E-state index in [2.05, 4.69) is 0 Å². The van der Waals surface area contributed by atoms with Crippen molar-refractivity contribution in [1.82, 2.24) is 4.57 Å². The lowest BCUT2D eigenvalue weighted by Gasteiger charge is -2.26. The standard InChI is InChI=1S/C27H26N2O7S/c1-5-36-27(32)22-20(16-8-12-18(34-3)13-9-16)21(26(31)35-4)23(28)29-24(30)19(37-25(22)29)14-15-6-10-17(33-2)11-7-15/h6-14,20H,5,28H2,1-4H3. The van der Waals surface area contributed by atoms with Gasteiger partial charge in [0.2, 0.25) is 0 Å². The van der Waals surface area contributed by atoms with Crippen LogP contribution in [0.4, 0.5) is 0 Å². The zero-order chi connectivity index (χ0) is 26.7. The second-order valence-corrected chi connectivity index (χ2v) is 8.99. The van der Waals surface area contributed by atoms with Gasteiger partial charge in [0.1, 0.15) is 22.0 Å². The zero-order valence-electron chi connectivity index (χ0n) is 20.8. The predicted molar refractivity (Wildman–Crippen MR) is 140 cm³/mol. The normalized spacial score (nSPS) is 15.3. The molecule has 0 aliphatic carbocycles. The number of aromatic nitrogens is 1. The summed E-state index contributed by atoms with van der Waals surface area (Å²) in [6, 6.07) is 14.0. The number of fused-ring (bicyclic) bond motifs is 1. The van der Waals surface area contributed by atoms with Gasteiger partial charge >= 0.3 is 11.9 Å². The quantitative estimate of drug-likeness (QED) is 0.465. The van der Waals surface area contributed by atoms with Gasteiger partial charge in [0.05, 0.1) is 49.5 Å². The van der Waals surface area contributed by atoms with Crippen LogP contribution in [0.3, 0.4) is 0 Å². The summed E-state index contributed by atoms with van der Waals surface area (Å²) in [6.45, 7) is 1.78. The molecule has 9 nitrogen and oxygen atoms in total. The number of nitrogens with two attached hydrogens (primary N) is 1. The highest BCUT2D eigenvalue weighted by Gasteiger charge is 2.39. The summed E-state index contributed by atoms with van der Waals surface area (Å²) in [5.41, 5.74) is 7.42. The maximum Gasteiger partial charge on any atom is 0.338 e. The number of thiazole rings is 1. The Morgan fingerprint density at radius 2 is 1.54 bits per heavy atom. The number of hydrogen-bond acceptors (Lipinski definition) is 9. The van der Waals surface area contributed by atoms with Crippen molar-refractivity contribution in [2.24, 2.45) is 5.73 Å². The molecule has 37 heavy (non-hydrogen) atoms. The maximum atomic E-state index is 13.5. The molecule has 0 bridgehead atoms. The van der Waals surface area contributed by atoms with E-state index in [-0.39, 0.29) is 28.2 Å². The molecule has 2 heterocycles. The topological polar surface area (TPSA) is 119 Å². The van der Waals surface area contributed by atoms with Crippen molar-refractivity contribution in [3.63, 3.8) is 0 Å². The number of carbonyl (C=O) groups is 2. The van der Waals surface area contributed by atoms with E-state index in [9.17, 15) is 14.4 Å². The highest BCUT2D eigenvalue weighted by molar-refractivity contribution is 7.07. The third-order valence-corrected chi connectivity index (χ3v) is 7.02. The van der Waals surface area contributed by atoms with Crippen LogP contribution < -0.4 is 30.0 Å². The molecule has 1 aromatic heterocycles. The molecule has 3 aromatic rings. The average molecular weight is 523 g/mol. The smallest absolute Gasteiger partial charge is 0.338 e. The minimum Gasteiger partial charge on any atom is -0.497 e. The van der Waals surface area contributed by atoms with E-state index in [0.29, 0.717) is 21.6 Å². The summed E-state index contributed by atoms with van der Waals surface area (Å²) in [4.78, 5) is 39.9. The third-order valence-electron chi connectivity index (χ3n) is 5.91. The van der Waals surface area contributed by atoms with Gasteiger partial charge in [-0.15, -0.1) is 11.3 Å². The SMILES string of the molecule is CCOC(=O)C1=c2sc(=Cc3ccc(OC)cc3)c(=O)n2C(N)=C(C(=O)OC)C1c1ccc(OC)cc1. The molecule has 0 saturated heterocycles. The van der Waals surface area contributed by atoms with E-state index >= 15 is 0 Å². The van der Waals surface area contributed by atoms with Crippen molar-refractivity contribution >= 4 is 40.7 Å². The number of rotatable bonds is 7. The number of benzene rings is 2. The van der Waals surface area contributed by atoms with Crippen molar-refractivity contribution in [2.45, 2.75) is 12.8 Å². The summed E-state index contributed by atoms with van der Waals surface area (Å²) in [5, 5.41) is 0. The van der Waals surface area contributed by atoms with Crippen LogP contribution in [-0.4, -0.2) is 44.4 Å². The molecule has 0 spiro atoms. The number of nitrogens with zero attached hydrogens (tertiary/aromatic N) is 1. The molecule has 2 N–H and O–H groups in total. The van der Waals surface area contributed by atoms with E-state index in [1.807, 2.05) is 0 Å². The van der Waals surface area contributed by atoms with Crippen LogP contribution in [0.5, 0.6) is 11.5 Å². The molecule has 4 rings (SSSR count). The Kier molecular flexibility index (Phi) is 7.49. The van der Waals surface area contributed by atoms with Crippen LogP contribution in [0.25, 0.3) is 17.5 Å². The Balaban J connectivity index is 2.07. The first-order valence-electron chi connectivity index (χ1n) is 11.4. The van der Waals surface area contributed by atoms with Crippen molar-refractivity contribution in [3.8, 4) is 11.5 Å². The van der Waals surface area contributed by atoms with Crippen molar-refractivity contribution in [3.05, 3.63) is 84.8 Å². The van der Waals surface area contributed by atoms with Gasteiger partial charge < -0.3 is 24.7 Å². The molecule has 10 heteroatoms. The first-order valence-corrected chi connectivity index (χ1v) is 12.2. The fraction of sp³-hybridized carbons (Fsp3) is 0.222. The van der Waals surface area contributed by atoms with Crippen LogP contribution in [-0.2, 0) is 19.1 Å². The van der Waals surface area contributed by atoms with Crippen LogP contribution in [0, 0.1) is 0 Å². The van der Waals surface area contributed by atoms with Gasteiger partial charge in [0.15, 0.2) is 0 Å². The molecular formula is C27H26N2O7S. The lowest BCUT2D eigenvalue weighted by molar-refractivity contribution is -0.136. The largest absolute Gasteiger partial charge is 0.497 e. The lowest BCUT2D eigenvalue weighted by atomic mass is 9.83. The minimum atomic E-state index is -0.927. The molecule has 0 radical (unpaired) electrons. The molecule has 2 aromatic carbocycles. The second-order valence-electron chi connectivity index (χ2n) is 7.96. The van der Waals surface area contributed by atoms with Gasteiger partial charge in [-0.05, 0) is 48.4 Å². The Morgan fingerprint density at radius 1 is 0.946 bits per heavy atom. The Labute approximate surface area is 216 Å². The van der Waals surface area contributed by atoms with Gasteiger partial charge in [-0.25, -0.2) is 9.59 Å². The Hall–Kier alpha value is -4.31. The van der Waals surface area contributed by atoms with E-state index in [1.165, 1.54) is 18.8 Å². The van der Waals surface area contributed by atoms with Crippen LogP contribution in [0.2, 0.25) is 0 Å². The van der Waals surface area contributed by atoms with Gasteiger partial charge in [-0.3, -0.25) is 9.36 Å². The summed E-state index contributed by atoms with van der Waals surface area (Å²) < 4.78 is 22.6. The summed E-state index contributed by atoms with van der Waals surface area (Å²) >= 11 is 1.10. The Morgan fingerprint density at radius 3 is 2.08 bits per heavy atom. The predicted octanol–water partition coefficient (Wildman–Crippen LogP) is 1.57. The fourth-order valence-corrected chi connectivity index (χ4v) is 5.31. The van der Waals surface area contributed by atoms with E-state index in [1.54, 1.807) is 68.6 Å². The van der Waals surface area contributed by atoms with Crippen LogP contribution >= 0.6 is 11.3 Å². The highest BCUT2D eigenvalue weighted by atomic mass is 32.1. The zero-order valence-corrected chi connectivity index (χ0v) is 21.6. The first-order chi connectivity index (χ1) is 17.8. The third kappa shape index (κ3) is 4.75. The molecule has 192 valence electrons. The van der Waals surface area contributed by atoms with Crippen molar-refractivity contribution in [1.29, 1.82) is 0 Å². The van der Waals surface area contributed by atoms with Gasteiger partial charge in [-0.2, -0.15) is 0 Å². The molecule has 0 fully saturated rings. The van der Waals surface area contributed by atoms with Gasteiger partial charge in [-0.1, -0.05) is 24.3 Å². The number of hydrogen-bond donors (Lipinski definition) is 1. The molecular weight excluding hydrogens is 496 g/mol. The highest BCUT2D eigenvalue weighted by Crippen LogP contribution is 2.38. The molecule has 1 aliphatic rings. The summed E-state index contributed by atoms with van der Waals surface area (Å²) in [7, 11) is 4.32. The number of methoxy groups -OCH3 is 3. The summed E-state index contributed by atoms with van der Waals surface area (Å²) in [6.07, 6.45) is 1.69. The van der Waals surface area contributed by atoms with Crippen LogP contribution in [0.1, 0.15) is 24.0 Å². The van der Waals surface area contributed by atoms with E-state index in [4.69, 9.17) is 24.7 Å². The first kappa shape index (κ1) is 25.8. The lowest BCUT2D eigenvalue weighted by Crippen LogP contribution is -2.41. The number of esters is 2. The fourth-order valence-electron chi connectivity index (χ4n) is 4.15. The monoisotopic (exact) mass is 522 g/mol. The Bertz CT molecular complexity index is 1550. The van der Waals surface area contributed by atoms with Gasteiger partial charge in [0, 0.05) is 0 Å². The summed E-state index contributed by atoms with van der Waals surface area (Å²) in [5.74, 6) is -1.18. The molecule has 1 unspecified atom stereocenters. The molecule has 0 amide bonds. The molecule has 1 aliphatic heterocycles. The maximum absolute atomic E-state index is 13.5. The minimum absolute atomic E-state index is 0.0286. The van der Waals surface area contributed by atoms with E-state index in [0.717, 1.165) is 16.9 Å². The second kappa shape index (κ2) is 10.8.